The van der Waals surface area contributed by atoms with Gasteiger partial charge in [-0.3, -0.25) is 4.79 Å². The van der Waals surface area contributed by atoms with Crippen LogP contribution < -0.4 is 5.14 Å². The first kappa shape index (κ1) is 14.4. The molecule has 2 rings (SSSR count). The second kappa shape index (κ2) is 5.56. The van der Waals surface area contributed by atoms with Gasteiger partial charge in [0.2, 0.25) is 15.2 Å². The van der Waals surface area contributed by atoms with E-state index in [0.29, 0.717) is 4.90 Å². The zero-order chi connectivity index (χ0) is 14.8. The lowest BCUT2D eigenvalue weighted by Crippen LogP contribution is -2.12. The van der Waals surface area contributed by atoms with Gasteiger partial charge in [-0.2, -0.15) is 0 Å². The number of nitrogens with zero attached hydrogens (tertiary/aromatic N) is 4. The van der Waals surface area contributed by atoms with E-state index in [9.17, 15) is 13.2 Å². The van der Waals surface area contributed by atoms with Crippen LogP contribution in [0.2, 0.25) is 0 Å². The van der Waals surface area contributed by atoms with E-state index >= 15 is 0 Å². The third-order valence-electron chi connectivity index (χ3n) is 2.15. The number of carboxylic acid groups (broad SMARTS) is 1. The summed E-state index contributed by atoms with van der Waals surface area (Å²) in [6.45, 7) is -0.357. The maximum absolute atomic E-state index is 11.1. The summed E-state index contributed by atoms with van der Waals surface area (Å²) in [5.41, 5.74) is 0. The number of hydrogen-bond donors (Lipinski definition) is 2. The van der Waals surface area contributed by atoms with Crippen molar-refractivity contribution in [3.8, 4) is 0 Å². The summed E-state index contributed by atoms with van der Waals surface area (Å²) in [5.74, 6) is -1.07. The largest absolute Gasteiger partial charge is 0.480 e. The Balaban J connectivity index is 2.19. The van der Waals surface area contributed by atoms with Crippen LogP contribution in [0.4, 0.5) is 0 Å². The van der Waals surface area contributed by atoms with Crippen molar-refractivity contribution < 1.29 is 18.3 Å². The van der Waals surface area contributed by atoms with Gasteiger partial charge in [0.15, 0.2) is 0 Å². The number of carbonyl (C=O) groups is 1. The highest BCUT2D eigenvalue weighted by Gasteiger charge is 2.12. The van der Waals surface area contributed by atoms with Crippen molar-refractivity contribution in [3.05, 3.63) is 24.3 Å². The molecule has 3 N–H and O–H groups in total. The Morgan fingerprint density at radius 2 is 2.00 bits per heavy atom. The van der Waals surface area contributed by atoms with E-state index in [4.69, 9.17) is 10.2 Å². The minimum Gasteiger partial charge on any atom is -0.480 e. The summed E-state index contributed by atoms with van der Waals surface area (Å²) in [4.78, 5) is 11.3. The van der Waals surface area contributed by atoms with Crippen LogP contribution >= 0.6 is 11.8 Å². The first-order valence-corrected chi connectivity index (χ1v) is 7.51. The number of carboxylic acids is 1. The second-order valence-corrected chi connectivity index (χ2v) is 6.23. The molecule has 1 aromatic heterocycles. The SMILES string of the molecule is NS(=O)(=O)c1ccc(Sc2nnnn2CC(=O)O)cc1. The number of nitrogens with two attached hydrogens (primary N) is 1. The van der Waals surface area contributed by atoms with Crippen molar-refractivity contribution in [3.63, 3.8) is 0 Å². The molecular formula is C9H9N5O4S2. The molecule has 0 radical (unpaired) electrons. The number of aliphatic carboxylic acids is 1. The molecule has 0 saturated heterocycles. The van der Waals surface area contributed by atoms with Gasteiger partial charge in [-0.15, -0.1) is 5.10 Å². The fourth-order valence-electron chi connectivity index (χ4n) is 1.30. The molecule has 0 amide bonds. The third kappa shape index (κ3) is 3.53. The molecular weight excluding hydrogens is 306 g/mol. The number of hydrogen-bond acceptors (Lipinski definition) is 7. The molecule has 0 fully saturated rings. The summed E-state index contributed by atoms with van der Waals surface area (Å²) in [6.07, 6.45) is 0. The van der Waals surface area contributed by atoms with Gasteiger partial charge in [0.25, 0.3) is 0 Å². The molecule has 0 aliphatic heterocycles. The van der Waals surface area contributed by atoms with Gasteiger partial charge in [-0.25, -0.2) is 18.2 Å². The van der Waals surface area contributed by atoms with Crippen molar-refractivity contribution in [2.24, 2.45) is 5.14 Å². The Morgan fingerprint density at radius 1 is 1.35 bits per heavy atom. The van der Waals surface area contributed by atoms with Gasteiger partial charge in [0.1, 0.15) is 6.54 Å². The fourth-order valence-corrected chi connectivity index (χ4v) is 2.58. The lowest BCUT2D eigenvalue weighted by Gasteiger charge is -2.02. The van der Waals surface area contributed by atoms with E-state index in [-0.39, 0.29) is 16.6 Å². The van der Waals surface area contributed by atoms with Crippen LogP contribution in [0.5, 0.6) is 0 Å². The maximum atomic E-state index is 11.1. The highest BCUT2D eigenvalue weighted by atomic mass is 32.2. The van der Waals surface area contributed by atoms with Gasteiger partial charge < -0.3 is 5.11 Å². The van der Waals surface area contributed by atoms with Crippen LogP contribution in [0.3, 0.4) is 0 Å². The lowest BCUT2D eigenvalue weighted by molar-refractivity contribution is -0.138. The maximum Gasteiger partial charge on any atom is 0.325 e. The standard InChI is InChI=1S/C9H9N5O4S2/c10-20(17,18)7-3-1-6(2-4-7)19-9-11-12-13-14(9)5-8(15)16/h1-4H,5H2,(H,15,16)(H2,10,17,18). The Morgan fingerprint density at radius 3 is 2.55 bits per heavy atom. The number of aromatic nitrogens is 4. The minimum absolute atomic E-state index is 0.00743. The molecule has 0 aliphatic carbocycles. The summed E-state index contributed by atoms with van der Waals surface area (Å²) in [6, 6.07) is 5.76. The Kier molecular flexibility index (Phi) is 4.01. The topological polar surface area (TPSA) is 141 Å². The smallest absolute Gasteiger partial charge is 0.325 e. The summed E-state index contributed by atoms with van der Waals surface area (Å²) < 4.78 is 23.3. The molecule has 0 saturated carbocycles. The number of sulfonamides is 1. The monoisotopic (exact) mass is 315 g/mol. The minimum atomic E-state index is -3.74. The van der Waals surface area contributed by atoms with E-state index in [1.807, 2.05) is 0 Å². The molecule has 1 heterocycles. The molecule has 11 heteroatoms. The molecule has 1 aromatic carbocycles. The van der Waals surface area contributed by atoms with Crippen LogP contribution in [-0.2, 0) is 21.4 Å². The van der Waals surface area contributed by atoms with Crippen molar-refractivity contribution in [2.45, 2.75) is 21.5 Å². The number of rotatable bonds is 5. The van der Waals surface area contributed by atoms with E-state index in [1.54, 1.807) is 0 Å². The molecule has 0 spiro atoms. The van der Waals surface area contributed by atoms with Crippen LogP contribution in [0.1, 0.15) is 0 Å². The number of benzene rings is 1. The normalized spacial score (nSPS) is 11.4. The van der Waals surface area contributed by atoms with Crippen molar-refractivity contribution >= 4 is 27.8 Å². The van der Waals surface area contributed by atoms with Gasteiger partial charge in [0.05, 0.1) is 4.90 Å². The van der Waals surface area contributed by atoms with Crippen LogP contribution in [0.15, 0.2) is 39.2 Å². The Bertz CT molecular complexity index is 725. The van der Waals surface area contributed by atoms with Crippen LogP contribution in [0.25, 0.3) is 0 Å². The predicted octanol–water partition coefficient (Wildman–Crippen LogP) is -0.444. The highest BCUT2D eigenvalue weighted by Crippen LogP contribution is 2.25. The van der Waals surface area contributed by atoms with E-state index < -0.39 is 16.0 Å². The Hall–Kier alpha value is -1.98. The van der Waals surface area contributed by atoms with Gasteiger partial charge in [-0.1, -0.05) is 0 Å². The summed E-state index contributed by atoms with van der Waals surface area (Å²) in [5, 5.41) is 24.6. The van der Waals surface area contributed by atoms with Crippen LogP contribution in [-0.4, -0.2) is 39.7 Å². The number of primary sulfonamides is 1. The zero-order valence-corrected chi connectivity index (χ0v) is 11.5. The molecule has 0 aliphatic rings. The van der Waals surface area contributed by atoms with E-state index in [0.717, 1.165) is 16.4 Å². The van der Waals surface area contributed by atoms with Crippen molar-refractivity contribution in [1.29, 1.82) is 0 Å². The predicted molar refractivity (Wildman–Crippen MR) is 67.4 cm³/mol. The summed E-state index contributed by atoms with van der Waals surface area (Å²) >= 11 is 1.11. The fraction of sp³-hybridized carbons (Fsp3) is 0.111. The molecule has 20 heavy (non-hydrogen) atoms. The average molecular weight is 315 g/mol. The molecule has 0 unspecified atom stereocenters. The Labute approximate surface area is 117 Å². The highest BCUT2D eigenvalue weighted by molar-refractivity contribution is 7.99. The molecule has 0 bridgehead atoms. The third-order valence-corrected chi connectivity index (χ3v) is 4.06. The quantitative estimate of drug-likeness (QED) is 0.756. The second-order valence-electron chi connectivity index (χ2n) is 3.63. The van der Waals surface area contributed by atoms with Crippen LogP contribution in [0, 0.1) is 0 Å². The molecule has 2 aromatic rings. The summed E-state index contributed by atoms with van der Waals surface area (Å²) in [7, 11) is -3.74. The van der Waals surface area contributed by atoms with Gasteiger partial charge >= 0.3 is 5.97 Å². The zero-order valence-electron chi connectivity index (χ0n) is 9.87. The van der Waals surface area contributed by atoms with Gasteiger partial charge in [-0.05, 0) is 46.5 Å². The van der Waals surface area contributed by atoms with E-state index in [1.165, 1.54) is 24.3 Å². The van der Waals surface area contributed by atoms with Crippen molar-refractivity contribution in [1.82, 2.24) is 20.2 Å². The molecule has 0 atom stereocenters. The average Bonchev–Trinajstić information content (AvgIpc) is 2.75. The van der Waals surface area contributed by atoms with Gasteiger partial charge in [0, 0.05) is 4.90 Å². The number of tetrazole rings is 1. The molecule has 106 valence electrons. The first-order chi connectivity index (χ1) is 9.36. The van der Waals surface area contributed by atoms with Crippen molar-refractivity contribution in [2.75, 3.05) is 0 Å². The van der Waals surface area contributed by atoms with E-state index in [2.05, 4.69) is 15.5 Å². The lowest BCUT2D eigenvalue weighted by atomic mass is 10.4. The first-order valence-electron chi connectivity index (χ1n) is 5.15. The molecule has 9 nitrogen and oxygen atoms in total.